The SMILES string of the molecule is CNC(/C(=C(\N)c1ccc(CCC=C(C)C)cc1O)c1ccccc1O)C(F)(F)P. The summed E-state index contributed by atoms with van der Waals surface area (Å²) in [6.45, 7) is 4.04. The Hall–Kier alpha value is -2.43. The normalized spacial score (nSPS) is 13.5. The first-order valence-corrected chi connectivity index (χ1v) is 10.2. The predicted molar refractivity (Wildman–Crippen MR) is 122 cm³/mol. The summed E-state index contributed by atoms with van der Waals surface area (Å²) in [6, 6.07) is 9.67. The van der Waals surface area contributed by atoms with Gasteiger partial charge in [-0.3, -0.25) is 0 Å². The molecule has 2 rings (SSSR count). The first-order chi connectivity index (χ1) is 14.1. The van der Waals surface area contributed by atoms with Gasteiger partial charge >= 0.3 is 0 Å². The molecule has 0 heterocycles. The molecule has 0 radical (unpaired) electrons. The summed E-state index contributed by atoms with van der Waals surface area (Å²) in [5, 5.41) is 23.5. The molecule has 2 aromatic carbocycles. The molecule has 0 aromatic heterocycles. The lowest BCUT2D eigenvalue weighted by Crippen LogP contribution is -2.40. The number of phenols is 2. The lowest BCUT2D eigenvalue weighted by molar-refractivity contribution is 0.0825. The molecule has 0 aliphatic rings. The fraction of sp³-hybridized carbons (Fsp3) is 0.304. The third-order valence-corrected chi connectivity index (χ3v) is 5.12. The van der Waals surface area contributed by atoms with Crippen LogP contribution in [0.5, 0.6) is 11.5 Å². The first kappa shape index (κ1) is 23.8. The van der Waals surface area contributed by atoms with Crippen LogP contribution in [0.1, 0.15) is 37.0 Å². The molecular weight excluding hydrogens is 405 g/mol. The zero-order valence-electron chi connectivity index (χ0n) is 17.4. The molecule has 2 unspecified atom stereocenters. The molecule has 0 saturated heterocycles. The zero-order chi connectivity index (χ0) is 22.5. The highest BCUT2D eigenvalue weighted by atomic mass is 31.0. The van der Waals surface area contributed by atoms with Crippen molar-refractivity contribution < 1.29 is 19.0 Å². The standard InChI is InChI=1S/C23H29F2N2O2P/c1-14(2)7-6-8-15-11-12-17(19(29)13-15)21(26)20(22(27-3)23(24,25)30)16-9-4-5-10-18(16)28/h4-5,7,9-13,22,27-29H,6,8,26,30H2,1-3H3/b21-20-. The highest BCUT2D eigenvalue weighted by Crippen LogP contribution is 2.41. The van der Waals surface area contributed by atoms with Gasteiger partial charge in [0.1, 0.15) is 17.5 Å². The maximum Gasteiger partial charge on any atom is 0.278 e. The number of nitrogens with two attached hydrogens (primary N) is 1. The van der Waals surface area contributed by atoms with Crippen molar-refractivity contribution in [3.8, 4) is 11.5 Å². The Balaban J connectivity index is 2.60. The molecule has 0 saturated carbocycles. The highest BCUT2D eigenvalue weighted by Gasteiger charge is 2.39. The van der Waals surface area contributed by atoms with Crippen molar-refractivity contribution in [1.29, 1.82) is 0 Å². The van der Waals surface area contributed by atoms with E-state index < -0.39 is 11.7 Å². The molecule has 0 aliphatic carbocycles. The number of phenolic OH excluding ortho intramolecular Hbond substituents is 2. The molecule has 162 valence electrons. The van der Waals surface area contributed by atoms with Crippen LogP contribution >= 0.6 is 9.24 Å². The number of allylic oxidation sites excluding steroid dienone is 2. The minimum absolute atomic E-state index is 0.00295. The van der Waals surface area contributed by atoms with Gasteiger partial charge in [-0.25, -0.2) is 8.78 Å². The fourth-order valence-electron chi connectivity index (χ4n) is 3.32. The average molecular weight is 434 g/mol. The monoisotopic (exact) mass is 434 g/mol. The molecule has 2 aromatic rings. The fourth-order valence-corrected chi connectivity index (χ4v) is 3.65. The number of benzene rings is 2. The average Bonchev–Trinajstić information content (AvgIpc) is 2.65. The number of hydrogen-bond donors (Lipinski definition) is 4. The molecule has 5 N–H and O–H groups in total. The second-order valence-corrected chi connectivity index (χ2v) is 8.18. The summed E-state index contributed by atoms with van der Waals surface area (Å²) < 4.78 is 28.7. The summed E-state index contributed by atoms with van der Waals surface area (Å²) >= 11 is 0. The van der Waals surface area contributed by atoms with Crippen LogP contribution in [0.3, 0.4) is 0 Å². The molecule has 0 aliphatic heterocycles. The van der Waals surface area contributed by atoms with Crippen LogP contribution in [0, 0.1) is 0 Å². The Morgan fingerprint density at radius 2 is 1.80 bits per heavy atom. The van der Waals surface area contributed by atoms with Crippen molar-refractivity contribution in [3.05, 3.63) is 70.8 Å². The van der Waals surface area contributed by atoms with E-state index in [-0.39, 0.29) is 33.9 Å². The number of aryl methyl sites for hydroxylation is 1. The molecule has 0 amide bonds. The van der Waals surface area contributed by atoms with Crippen molar-refractivity contribution >= 4 is 20.5 Å². The van der Waals surface area contributed by atoms with Crippen molar-refractivity contribution in [2.24, 2.45) is 5.73 Å². The predicted octanol–water partition coefficient (Wildman–Crippen LogP) is 4.88. The molecule has 0 bridgehead atoms. The van der Waals surface area contributed by atoms with Crippen LogP contribution in [0.4, 0.5) is 8.78 Å². The summed E-state index contributed by atoms with van der Waals surface area (Å²) in [5.41, 5.74) is 5.56. The highest BCUT2D eigenvalue weighted by molar-refractivity contribution is 7.18. The lowest BCUT2D eigenvalue weighted by atomic mass is 9.92. The molecule has 30 heavy (non-hydrogen) atoms. The van der Waals surface area contributed by atoms with Gasteiger partial charge in [-0.15, -0.1) is 0 Å². The van der Waals surface area contributed by atoms with E-state index >= 15 is 0 Å². The van der Waals surface area contributed by atoms with Gasteiger partial charge in [-0.2, -0.15) is 0 Å². The van der Waals surface area contributed by atoms with Gasteiger partial charge in [0.15, 0.2) is 0 Å². The summed E-state index contributed by atoms with van der Waals surface area (Å²) in [7, 11) is 2.90. The van der Waals surface area contributed by atoms with Crippen LogP contribution in [0.2, 0.25) is 0 Å². The van der Waals surface area contributed by atoms with E-state index in [2.05, 4.69) is 11.4 Å². The van der Waals surface area contributed by atoms with Crippen molar-refractivity contribution in [1.82, 2.24) is 5.32 Å². The van der Waals surface area contributed by atoms with E-state index in [1.165, 1.54) is 34.0 Å². The number of hydrogen-bond acceptors (Lipinski definition) is 4. The van der Waals surface area contributed by atoms with Gasteiger partial charge in [-0.05, 0) is 57.5 Å². The van der Waals surface area contributed by atoms with Gasteiger partial charge < -0.3 is 21.3 Å². The Kier molecular flexibility index (Phi) is 7.99. The summed E-state index contributed by atoms with van der Waals surface area (Å²) in [6.07, 6.45) is 3.67. The largest absolute Gasteiger partial charge is 0.507 e. The summed E-state index contributed by atoms with van der Waals surface area (Å²) in [5.74, 6) is -0.278. The van der Waals surface area contributed by atoms with E-state index in [1.807, 2.05) is 19.9 Å². The molecule has 0 spiro atoms. The number of para-hydroxylation sites is 1. The third kappa shape index (κ3) is 5.80. The van der Waals surface area contributed by atoms with E-state index in [0.29, 0.717) is 0 Å². The van der Waals surface area contributed by atoms with Gasteiger partial charge in [0, 0.05) is 22.4 Å². The second-order valence-electron chi connectivity index (χ2n) is 7.41. The zero-order valence-corrected chi connectivity index (χ0v) is 18.6. The van der Waals surface area contributed by atoms with Crippen molar-refractivity contribution in [2.75, 3.05) is 7.05 Å². The van der Waals surface area contributed by atoms with Crippen molar-refractivity contribution in [3.63, 3.8) is 0 Å². The van der Waals surface area contributed by atoms with Crippen LogP contribution in [0.25, 0.3) is 11.3 Å². The van der Waals surface area contributed by atoms with Gasteiger partial charge in [0.2, 0.25) is 0 Å². The number of aromatic hydroxyl groups is 2. The Morgan fingerprint density at radius 3 is 2.33 bits per heavy atom. The minimum atomic E-state index is -3.25. The van der Waals surface area contributed by atoms with Crippen molar-refractivity contribution in [2.45, 2.75) is 38.4 Å². The number of rotatable bonds is 8. The lowest BCUT2D eigenvalue weighted by Gasteiger charge is -2.28. The summed E-state index contributed by atoms with van der Waals surface area (Å²) in [4.78, 5) is 0. The molecular formula is C23H29F2N2O2P. The maximum absolute atomic E-state index is 14.4. The minimum Gasteiger partial charge on any atom is -0.507 e. The number of likely N-dealkylation sites (N-methyl/N-ethyl adjacent to an activating group) is 1. The quantitative estimate of drug-likeness (QED) is 0.271. The first-order valence-electron chi connectivity index (χ1n) is 9.63. The van der Waals surface area contributed by atoms with Crippen LogP contribution in [-0.2, 0) is 6.42 Å². The Labute approximate surface area is 178 Å². The van der Waals surface area contributed by atoms with E-state index in [4.69, 9.17) is 5.73 Å². The van der Waals surface area contributed by atoms with Crippen LogP contribution in [0.15, 0.2) is 54.1 Å². The number of halogens is 2. The molecule has 0 fully saturated rings. The maximum atomic E-state index is 14.4. The topological polar surface area (TPSA) is 78.5 Å². The smallest absolute Gasteiger partial charge is 0.278 e. The van der Waals surface area contributed by atoms with E-state index in [9.17, 15) is 19.0 Å². The molecule has 7 heteroatoms. The number of nitrogens with one attached hydrogen (secondary N) is 1. The Bertz CT molecular complexity index is 948. The third-order valence-electron chi connectivity index (χ3n) is 4.78. The second kappa shape index (κ2) is 10.1. The van der Waals surface area contributed by atoms with Gasteiger partial charge in [0.25, 0.3) is 5.66 Å². The van der Waals surface area contributed by atoms with E-state index in [0.717, 1.165) is 18.4 Å². The van der Waals surface area contributed by atoms with Gasteiger partial charge in [0.05, 0.1) is 0 Å². The number of alkyl halides is 2. The molecule has 2 atom stereocenters. The molecule has 4 nitrogen and oxygen atoms in total. The van der Waals surface area contributed by atoms with E-state index in [1.54, 1.807) is 24.3 Å². The van der Waals surface area contributed by atoms with Crippen LogP contribution < -0.4 is 11.1 Å². The Morgan fingerprint density at radius 1 is 1.13 bits per heavy atom. The van der Waals surface area contributed by atoms with Gasteiger partial charge in [-0.1, -0.05) is 45.2 Å². The van der Waals surface area contributed by atoms with Crippen LogP contribution in [-0.4, -0.2) is 29.0 Å².